The molecule has 0 saturated carbocycles. The lowest BCUT2D eigenvalue weighted by Gasteiger charge is -2.22. The fraction of sp³-hybridized carbons (Fsp3) is 0.478. The second-order valence-corrected chi connectivity index (χ2v) is 7.91. The van der Waals surface area contributed by atoms with Crippen molar-refractivity contribution in [3.63, 3.8) is 0 Å². The molecule has 0 bridgehead atoms. The predicted octanol–water partition coefficient (Wildman–Crippen LogP) is 1.67. The van der Waals surface area contributed by atoms with Gasteiger partial charge in [-0.05, 0) is 37.5 Å². The molecule has 2 unspecified atom stereocenters. The lowest BCUT2D eigenvalue weighted by Crippen LogP contribution is -2.51. The van der Waals surface area contributed by atoms with Crippen molar-refractivity contribution >= 4 is 23.8 Å². The fourth-order valence-corrected chi connectivity index (χ4v) is 2.51. The summed E-state index contributed by atoms with van der Waals surface area (Å²) in [5, 5.41) is 2.66. The standard InChI is InChI=1S/C23H32N2O7/c1-13(2)20(24)21(27)25-18(23(29)31-14(3)4)12-16-7-9-17(10-8-16)32-22(28)15(5)11-19(26)30-6/h7-10,13-14,18,20H,5,11-12,24H2,1-4,6H3,(H,25,27). The first-order valence-electron chi connectivity index (χ1n) is 10.3. The highest BCUT2D eigenvalue weighted by molar-refractivity contribution is 5.94. The molecule has 9 nitrogen and oxygen atoms in total. The van der Waals surface area contributed by atoms with Gasteiger partial charge in [-0.2, -0.15) is 0 Å². The van der Waals surface area contributed by atoms with Crippen molar-refractivity contribution in [3.05, 3.63) is 42.0 Å². The highest BCUT2D eigenvalue weighted by atomic mass is 16.5. The predicted molar refractivity (Wildman–Crippen MR) is 118 cm³/mol. The second kappa shape index (κ2) is 12.6. The van der Waals surface area contributed by atoms with Crippen LogP contribution >= 0.6 is 0 Å². The SMILES string of the molecule is C=C(CC(=O)OC)C(=O)Oc1ccc(CC(NC(=O)C(N)C(C)C)C(=O)OC(C)C)cc1. The Balaban J connectivity index is 2.86. The molecular formula is C23H32N2O7. The molecule has 1 aromatic carbocycles. The number of ether oxygens (including phenoxy) is 3. The minimum absolute atomic E-state index is 0.0402. The molecule has 32 heavy (non-hydrogen) atoms. The highest BCUT2D eigenvalue weighted by Gasteiger charge is 2.27. The van der Waals surface area contributed by atoms with Crippen LogP contribution in [-0.4, -0.2) is 49.1 Å². The number of nitrogens with one attached hydrogen (secondary N) is 1. The van der Waals surface area contributed by atoms with Gasteiger partial charge in [0.2, 0.25) is 5.91 Å². The van der Waals surface area contributed by atoms with E-state index in [9.17, 15) is 19.2 Å². The maximum Gasteiger partial charge on any atom is 0.339 e. The van der Waals surface area contributed by atoms with E-state index < -0.39 is 35.9 Å². The van der Waals surface area contributed by atoms with Crippen molar-refractivity contribution in [2.75, 3.05) is 7.11 Å². The van der Waals surface area contributed by atoms with Gasteiger partial charge < -0.3 is 25.3 Å². The Morgan fingerprint density at radius 3 is 2.16 bits per heavy atom. The van der Waals surface area contributed by atoms with Crippen LogP contribution in [0.1, 0.15) is 39.7 Å². The van der Waals surface area contributed by atoms with Crippen molar-refractivity contribution in [2.24, 2.45) is 11.7 Å². The number of nitrogens with two attached hydrogens (primary N) is 1. The zero-order chi connectivity index (χ0) is 24.4. The number of benzene rings is 1. The zero-order valence-corrected chi connectivity index (χ0v) is 19.2. The van der Waals surface area contributed by atoms with Gasteiger partial charge in [-0.25, -0.2) is 9.59 Å². The van der Waals surface area contributed by atoms with Crippen molar-refractivity contribution < 1.29 is 33.4 Å². The molecule has 0 fully saturated rings. The number of hydrogen-bond acceptors (Lipinski definition) is 8. The van der Waals surface area contributed by atoms with E-state index in [0.29, 0.717) is 5.56 Å². The minimum Gasteiger partial charge on any atom is -0.469 e. The highest BCUT2D eigenvalue weighted by Crippen LogP contribution is 2.16. The molecule has 1 rings (SSSR count). The van der Waals surface area contributed by atoms with E-state index in [4.69, 9.17) is 15.2 Å². The summed E-state index contributed by atoms with van der Waals surface area (Å²) in [5.41, 5.74) is 6.54. The van der Waals surface area contributed by atoms with E-state index in [1.165, 1.54) is 19.2 Å². The van der Waals surface area contributed by atoms with Gasteiger partial charge in [-0.3, -0.25) is 9.59 Å². The lowest BCUT2D eigenvalue weighted by molar-refractivity contribution is -0.151. The number of methoxy groups -OCH3 is 1. The first kappa shape index (κ1) is 26.8. The number of hydrogen-bond donors (Lipinski definition) is 2. The Hall–Kier alpha value is -3.20. The smallest absolute Gasteiger partial charge is 0.339 e. The monoisotopic (exact) mass is 448 g/mol. The molecule has 0 spiro atoms. The molecule has 1 aromatic rings. The van der Waals surface area contributed by atoms with E-state index in [1.54, 1.807) is 26.0 Å². The molecule has 0 heterocycles. The van der Waals surface area contributed by atoms with Gasteiger partial charge in [-0.1, -0.05) is 32.6 Å². The third kappa shape index (κ3) is 8.89. The molecule has 3 N–H and O–H groups in total. The molecule has 0 aliphatic carbocycles. The van der Waals surface area contributed by atoms with E-state index in [1.807, 2.05) is 13.8 Å². The van der Waals surface area contributed by atoms with Gasteiger partial charge >= 0.3 is 17.9 Å². The second-order valence-electron chi connectivity index (χ2n) is 7.91. The molecule has 0 radical (unpaired) electrons. The zero-order valence-electron chi connectivity index (χ0n) is 19.2. The van der Waals surface area contributed by atoms with Crippen molar-refractivity contribution in [2.45, 2.75) is 58.7 Å². The summed E-state index contributed by atoms with van der Waals surface area (Å²) in [6, 6.07) is 4.68. The van der Waals surface area contributed by atoms with Gasteiger partial charge in [0.15, 0.2) is 0 Å². The Kier molecular flexibility index (Phi) is 10.6. The summed E-state index contributed by atoms with van der Waals surface area (Å²) >= 11 is 0. The summed E-state index contributed by atoms with van der Waals surface area (Å²) in [7, 11) is 1.21. The fourth-order valence-electron chi connectivity index (χ4n) is 2.51. The molecule has 0 saturated heterocycles. The largest absolute Gasteiger partial charge is 0.469 e. The number of carbonyl (C=O) groups excluding carboxylic acids is 4. The number of amides is 1. The first-order valence-corrected chi connectivity index (χ1v) is 10.3. The number of carbonyl (C=O) groups is 4. The van der Waals surface area contributed by atoms with Gasteiger partial charge in [0, 0.05) is 12.0 Å². The third-order valence-corrected chi connectivity index (χ3v) is 4.42. The van der Waals surface area contributed by atoms with Gasteiger partial charge in [0.05, 0.1) is 25.7 Å². The van der Waals surface area contributed by atoms with Crippen LogP contribution in [0.5, 0.6) is 5.75 Å². The van der Waals surface area contributed by atoms with E-state index in [2.05, 4.69) is 16.6 Å². The average molecular weight is 449 g/mol. The van der Waals surface area contributed by atoms with Crippen molar-refractivity contribution in [1.29, 1.82) is 0 Å². The molecule has 0 aliphatic rings. The quantitative estimate of drug-likeness (QED) is 0.297. The minimum atomic E-state index is -0.928. The van der Waals surface area contributed by atoms with Crippen molar-refractivity contribution in [3.8, 4) is 5.75 Å². The molecule has 9 heteroatoms. The topological polar surface area (TPSA) is 134 Å². The average Bonchev–Trinajstić information content (AvgIpc) is 2.72. The Bertz CT molecular complexity index is 831. The molecular weight excluding hydrogens is 416 g/mol. The number of esters is 3. The summed E-state index contributed by atoms with van der Waals surface area (Å²) < 4.78 is 14.9. The Morgan fingerprint density at radius 2 is 1.66 bits per heavy atom. The lowest BCUT2D eigenvalue weighted by atomic mass is 10.0. The maximum atomic E-state index is 12.5. The molecule has 2 atom stereocenters. The van der Waals surface area contributed by atoms with E-state index in [-0.39, 0.29) is 36.2 Å². The molecule has 176 valence electrons. The van der Waals surface area contributed by atoms with Crippen LogP contribution < -0.4 is 15.8 Å². The first-order chi connectivity index (χ1) is 14.9. The molecule has 0 aliphatic heterocycles. The summed E-state index contributed by atoms with van der Waals surface area (Å²) in [6.45, 7) is 10.6. The Labute approximate surface area is 188 Å². The third-order valence-electron chi connectivity index (χ3n) is 4.42. The van der Waals surface area contributed by atoms with Gasteiger partial charge in [-0.15, -0.1) is 0 Å². The van der Waals surface area contributed by atoms with Crippen LogP contribution in [-0.2, 0) is 35.1 Å². The molecule has 0 aromatic heterocycles. The Morgan fingerprint density at radius 1 is 1.06 bits per heavy atom. The van der Waals surface area contributed by atoms with Crippen LogP contribution in [0.25, 0.3) is 0 Å². The van der Waals surface area contributed by atoms with Crippen LogP contribution in [0.2, 0.25) is 0 Å². The van der Waals surface area contributed by atoms with Gasteiger partial charge in [0.25, 0.3) is 0 Å². The van der Waals surface area contributed by atoms with Gasteiger partial charge in [0.1, 0.15) is 11.8 Å². The van der Waals surface area contributed by atoms with Crippen LogP contribution in [0, 0.1) is 5.92 Å². The van der Waals surface area contributed by atoms with Crippen LogP contribution in [0.3, 0.4) is 0 Å². The van der Waals surface area contributed by atoms with E-state index in [0.717, 1.165) is 0 Å². The van der Waals surface area contributed by atoms with Crippen LogP contribution in [0.4, 0.5) is 0 Å². The summed E-state index contributed by atoms with van der Waals surface area (Å²) in [5.74, 6) is -2.23. The van der Waals surface area contributed by atoms with E-state index >= 15 is 0 Å². The normalized spacial score (nSPS) is 12.6. The molecule has 1 amide bonds. The summed E-state index contributed by atoms with van der Waals surface area (Å²) in [6.07, 6.45) is -0.461. The summed E-state index contributed by atoms with van der Waals surface area (Å²) in [4.78, 5) is 48.1. The van der Waals surface area contributed by atoms with Crippen LogP contribution in [0.15, 0.2) is 36.4 Å². The number of rotatable bonds is 11. The maximum absolute atomic E-state index is 12.5. The van der Waals surface area contributed by atoms with Crippen molar-refractivity contribution in [1.82, 2.24) is 5.32 Å².